The van der Waals surface area contributed by atoms with Crippen molar-refractivity contribution in [3.8, 4) is 0 Å². The van der Waals surface area contributed by atoms with Crippen LogP contribution in [0.15, 0.2) is 24.3 Å². The molecule has 1 atom stereocenters. The van der Waals surface area contributed by atoms with Gasteiger partial charge in [0.2, 0.25) is 5.91 Å². The normalized spacial score (nSPS) is 21.2. The highest BCUT2D eigenvalue weighted by atomic mass is 16.1. The lowest BCUT2D eigenvalue weighted by atomic mass is 10.2. The standard InChI is InChI=1S/C12H14N4O/c17-12-8-4-3-7-11(13-12)16-10-6-2-1-5-9(10)14-15-16/h1-2,5-6,11H,3-4,7-8H2,(H,13,17). The van der Waals surface area contributed by atoms with Gasteiger partial charge in [0.25, 0.3) is 0 Å². The first kappa shape index (κ1) is 10.3. The van der Waals surface area contributed by atoms with E-state index >= 15 is 0 Å². The number of rotatable bonds is 1. The maximum absolute atomic E-state index is 11.6. The number of hydrogen-bond donors (Lipinski definition) is 1. The van der Waals surface area contributed by atoms with E-state index in [1.807, 2.05) is 28.9 Å². The van der Waals surface area contributed by atoms with Gasteiger partial charge in [-0.05, 0) is 31.4 Å². The summed E-state index contributed by atoms with van der Waals surface area (Å²) in [6.07, 6.45) is 3.46. The number of aromatic nitrogens is 3. The van der Waals surface area contributed by atoms with Gasteiger partial charge in [0.15, 0.2) is 0 Å². The first-order valence-corrected chi connectivity index (χ1v) is 5.94. The first-order valence-electron chi connectivity index (χ1n) is 5.94. The highest BCUT2D eigenvalue weighted by molar-refractivity contribution is 5.77. The number of fused-ring (bicyclic) bond motifs is 1. The number of nitrogens with zero attached hydrogens (tertiary/aromatic N) is 3. The summed E-state index contributed by atoms with van der Waals surface area (Å²) >= 11 is 0. The van der Waals surface area contributed by atoms with Crippen LogP contribution >= 0.6 is 0 Å². The van der Waals surface area contributed by atoms with Gasteiger partial charge in [-0.2, -0.15) is 0 Å². The number of nitrogens with one attached hydrogen (secondary N) is 1. The molecule has 17 heavy (non-hydrogen) atoms. The van der Waals surface area contributed by atoms with E-state index in [0.717, 1.165) is 30.3 Å². The van der Waals surface area contributed by atoms with Gasteiger partial charge < -0.3 is 5.32 Å². The van der Waals surface area contributed by atoms with Crippen LogP contribution in [0.2, 0.25) is 0 Å². The molecule has 5 heteroatoms. The molecule has 0 bridgehead atoms. The predicted molar refractivity (Wildman–Crippen MR) is 63.2 cm³/mol. The lowest BCUT2D eigenvalue weighted by Crippen LogP contribution is -2.31. The third-order valence-electron chi connectivity index (χ3n) is 3.13. The van der Waals surface area contributed by atoms with Crippen LogP contribution in [-0.2, 0) is 4.79 Å². The van der Waals surface area contributed by atoms with Gasteiger partial charge >= 0.3 is 0 Å². The fraction of sp³-hybridized carbons (Fsp3) is 0.417. The summed E-state index contributed by atoms with van der Waals surface area (Å²) in [5.74, 6) is 0.104. The fourth-order valence-corrected chi connectivity index (χ4v) is 2.25. The van der Waals surface area contributed by atoms with Gasteiger partial charge in [0, 0.05) is 6.42 Å². The zero-order chi connectivity index (χ0) is 11.7. The average Bonchev–Trinajstić information content (AvgIpc) is 2.66. The van der Waals surface area contributed by atoms with Gasteiger partial charge in [-0.25, -0.2) is 4.68 Å². The van der Waals surface area contributed by atoms with Crippen LogP contribution in [0.4, 0.5) is 0 Å². The third-order valence-corrected chi connectivity index (χ3v) is 3.13. The summed E-state index contributed by atoms with van der Waals surface area (Å²) in [7, 11) is 0. The van der Waals surface area contributed by atoms with Crippen LogP contribution in [0.25, 0.3) is 11.0 Å². The number of hydrogen-bond acceptors (Lipinski definition) is 3. The van der Waals surface area contributed by atoms with E-state index in [4.69, 9.17) is 0 Å². The van der Waals surface area contributed by atoms with Crippen LogP contribution in [0.3, 0.4) is 0 Å². The summed E-state index contributed by atoms with van der Waals surface area (Å²) in [6.45, 7) is 0. The Morgan fingerprint density at radius 2 is 2.18 bits per heavy atom. The third kappa shape index (κ3) is 1.88. The number of para-hydroxylation sites is 1. The molecule has 5 nitrogen and oxygen atoms in total. The van der Waals surface area contributed by atoms with Crippen molar-refractivity contribution in [1.29, 1.82) is 0 Å². The second kappa shape index (κ2) is 4.16. The molecule has 1 aliphatic rings. The quantitative estimate of drug-likeness (QED) is 0.809. The van der Waals surface area contributed by atoms with E-state index in [0.29, 0.717) is 6.42 Å². The van der Waals surface area contributed by atoms with Crippen molar-refractivity contribution in [2.24, 2.45) is 0 Å². The van der Waals surface area contributed by atoms with Crippen molar-refractivity contribution in [3.05, 3.63) is 24.3 Å². The Morgan fingerprint density at radius 1 is 1.29 bits per heavy atom. The molecular weight excluding hydrogens is 216 g/mol. The molecule has 1 aromatic carbocycles. The number of carbonyl (C=O) groups excluding carboxylic acids is 1. The Morgan fingerprint density at radius 3 is 3.12 bits per heavy atom. The van der Waals surface area contributed by atoms with Crippen LogP contribution < -0.4 is 5.32 Å². The van der Waals surface area contributed by atoms with Crippen LogP contribution in [-0.4, -0.2) is 20.9 Å². The Kier molecular flexibility index (Phi) is 2.51. The molecular formula is C12H14N4O. The van der Waals surface area contributed by atoms with Crippen molar-refractivity contribution in [3.63, 3.8) is 0 Å². The molecule has 0 spiro atoms. The summed E-state index contributed by atoms with van der Waals surface area (Å²) in [5.41, 5.74) is 1.84. The minimum Gasteiger partial charge on any atom is -0.334 e. The number of amides is 1. The molecule has 1 saturated heterocycles. The number of carbonyl (C=O) groups is 1. The van der Waals surface area contributed by atoms with Crippen molar-refractivity contribution in [1.82, 2.24) is 20.3 Å². The smallest absolute Gasteiger partial charge is 0.221 e. The van der Waals surface area contributed by atoms with E-state index in [2.05, 4.69) is 15.6 Å². The maximum Gasteiger partial charge on any atom is 0.221 e. The van der Waals surface area contributed by atoms with Crippen molar-refractivity contribution >= 4 is 16.9 Å². The van der Waals surface area contributed by atoms with Gasteiger partial charge in [0.05, 0.1) is 5.52 Å². The average molecular weight is 230 g/mol. The van der Waals surface area contributed by atoms with E-state index < -0.39 is 0 Å². The Labute approximate surface area is 98.8 Å². The molecule has 0 radical (unpaired) electrons. The molecule has 88 valence electrons. The van der Waals surface area contributed by atoms with Gasteiger partial charge in [-0.3, -0.25) is 4.79 Å². The first-order chi connectivity index (χ1) is 8.34. The van der Waals surface area contributed by atoms with Gasteiger partial charge in [-0.15, -0.1) is 5.10 Å². The van der Waals surface area contributed by atoms with Gasteiger partial charge in [0.1, 0.15) is 11.7 Å². The zero-order valence-corrected chi connectivity index (χ0v) is 9.47. The summed E-state index contributed by atoms with van der Waals surface area (Å²) in [5, 5.41) is 11.3. The topological polar surface area (TPSA) is 59.8 Å². The van der Waals surface area contributed by atoms with E-state index in [-0.39, 0.29) is 12.1 Å². The lowest BCUT2D eigenvalue weighted by molar-refractivity contribution is -0.122. The molecule has 0 aliphatic carbocycles. The van der Waals surface area contributed by atoms with E-state index in [1.165, 1.54) is 0 Å². The fourth-order valence-electron chi connectivity index (χ4n) is 2.25. The lowest BCUT2D eigenvalue weighted by Gasteiger charge is -2.16. The van der Waals surface area contributed by atoms with Crippen molar-refractivity contribution in [2.45, 2.75) is 31.8 Å². The van der Waals surface area contributed by atoms with Crippen LogP contribution in [0.5, 0.6) is 0 Å². The summed E-state index contributed by atoms with van der Waals surface area (Å²) in [4.78, 5) is 11.6. The molecule has 1 aliphatic heterocycles. The largest absolute Gasteiger partial charge is 0.334 e. The monoisotopic (exact) mass is 230 g/mol. The molecule has 3 rings (SSSR count). The Bertz CT molecular complexity index is 548. The molecule has 1 fully saturated rings. The molecule has 1 unspecified atom stereocenters. The maximum atomic E-state index is 11.6. The van der Waals surface area contributed by atoms with Crippen LogP contribution in [0, 0.1) is 0 Å². The molecule has 1 N–H and O–H groups in total. The minimum atomic E-state index is -0.0580. The SMILES string of the molecule is O=C1CCCCC(n2nnc3ccccc32)N1. The second-order valence-corrected chi connectivity index (χ2v) is 4.35. The van der Waals surface area contributed by atoms with Crippen LogP contribution in [0.1, 0.15) is 31.8 Å². The minimum absolute atomic E-state index is 0.0580. The highest BCUT2D eigenvalue weighted by Gasteiger charge is 2.20. The Hall–Kier alpha value is -1.91. The summed E-state index contributed by atoms with van der Waals surface area (Å²) < 4.78 is 1.82. The molecule has 0 saturated carbocycles. The molecule has 1 amide bonds. The predicted octanol–water partition coefficient (Wildman–Crippen LogP) is 1.62. The van der Waals surface area contributed by atoms with Crippen molar-refractivity contribution in [2.75, 3.05) is 0 Å². The van der Waals surface area contributed by atoms with Gasteiger partial charge in [-0.1, -0.05) is 17.3 Å². The summed E-state index contributed by atoms with van der Waals surface area (Å²) in [6, 6.07) is 7.80. The van der Waals surface area contributed by atoms with E-state index in [1.54, 1.807) is 0 Å². The Balaban J connectivity index is 1.99. The molecule has 2 heterocycles. The van der Waals surface area contributed by atoms with E-state index in [9.17, 15) is 4.79 Å². The highest BCUT2D eigenvalue weighted by Crippen LogP contribution is 2.20. The van der Waals surface area contributed by atoms with Crippen molar-refractivity contribution < 1.29 is 4.79 Å². The second-order valence-electron chi connectivity index (χ2n) is 4.35. The number of benzene rings is 1. The zero-order valence-electron chi connectivity index (χ0n) is 9.47. The molecule has 2 aromatic rings. The molecule has 1 aromatic heterocycles.